The standard InChI is InChI=1S/C19H28N2O3/c1-12-4-5-15-9-13(2)18(17(15)8-12)20-19(23)21-6-7-24-11-16(21)10-14(3)22/h4-5,8,13-14,16,18,22H,6-7,9-11H2,1-3H3,(H,20,23)/t13-,14+,16+,18-/m1/s1. The Balaban J connectivity index is 1.73. The number of aryl methyl sites for hydroxylation is 1. The van der Waals surface area contributed by atoms with Crippen molar-refractivity contribution >= 4 is 6.03 Å². The maximum absolute atomic E-state index is 12.9. The van der Waals surface area contributed by atoms with Gasteiger partial charge in [0, 0.05) is 6.54 Å². The third kappa shape index (κ3) is 3.57. The molecule has 132 valence electrons. The highest BCUT2D eigenvalue weighted by Gasteiger charge is 2.34. The molecule has 0 saturated carbocycles. The van der Waals surface area contributed by atoms with Gasteiger partial charge in [0.2, 0.25) is 0 Å². The number of nitrogens with zero attached hydrogens (tertiary/aromatic N) is 1. The lowest BCUT2D eigenvalue weighted by Crippen LogP contribution is -2.54. The van der Waals surface area contributed by atoms with E-state index >= 15 is 0 Å². The van der Waals surface area contributed by atoms with Crippen LogP contribution < -0.4 is 5.32 Å². The van der Waals surface area contributed by atoms with E-state index in [1.165, 1.54) is 16.7 Å². The number of amides is 2. The second-order valence-corrected chi connectivity index (χ2v) is 7.32. The van der Waals surface area contributed by atoms with Crippen LogP contribution in [0.3, 0.4) is 0 Å². The van der Waals surface area contributed by atoms with Crippen molar-refractivity contribution in [3.05, 3.63) is 34.9 Å². The Labute approximate surface area is 144 Å². The van der Waals surface area contributed by atoms with Crippen LogP contribution in [0.25, 0.3) is 0 Å². The third-order valence-electron chi connectivity index (χ3n) is 5.13. The van der Waals surface area contributed by atoms with Crippen LogP contribution in [-0.4, -0.2) is 47.9 Å². The summed E-state index contributed by atoms with van der Waals surface area (Å²) in [4.78, 5) is 14.7. The summed E-state index contributed by atoms with van der Waals surface area (Å²) in [6.45, 7) is 7.65. The molecule has 0 unspecified atom stereocenters. The molecule has 0 radical (unpaired) electrons. The molecule has 3 rings (SSSR count). The molecular weight excluding hydrogens is 304 g/mol. The number of fused-ring (bicyclic) bond motifs is 1. The Morgan fingerprint density at radius 3 is 3.04 bits per heavy atom. The normalized spacial score (nSPS) is 27.7. The van der Waals surface area contributed by atoms with Crippen LogP contribution in [0.5, 0.6) is 0 Å². The lowest BCUT2D eigenvalue weighted by atomic mass is 10.0. The summed E-state index contributed by atoms with van der Waals surface area (Å²) in [6.07, 6.45) is 1.10. The number of morpholine rings is 1. The molecule has 5 heteroatoms. The molecule has 1 aliphatic carbocycles. The molecule has 24 heavy (non-hydrogen) atoms. The predicted molar refractivity (Wildman–Crippen MR) is 92.9 cm³/mol. The van der Waals surface area contributed by atoms with E-state index in [9.17, 15) is 9.90 Å². The number of rotatable bonds is 3. The van der Waals surface area contributed by atoms with E-state index in [4.69, 9.17) is 4.74 Å². The number of aliphatic hydroxyl groups excluding tert-OH is 1. The Kier molecular flexibility index (Phi) is 5.11. The third-order valence-corrected chi connectivity index (χ3v) is 5.13. The van der Waals surface area contributed by atoms with E-state index in [0.29, 0.717) is 32.1 Å². The van der Waals surface area contributed by atoms with Crippen molar-refractivity contribution in [2.45, 2.75) is 51.8 Å². The van der Waals surface area contributed by atoms with Crippen LogP contribution in [0.2, 0.25) is 0 Å². The number of aliphatic hydroxyl groups is 1. The molecule has 1 aromatic rings. The van der Waals surface area contributed by atoms with E-state index < -0.39 is 6.10 Å². The second-order valence-electron chi connectivity index (χ2n) is 7.32. The van der Waals surface area contributed by atoms with Gasteiger partial charge in [-0.15, -0.1) is 0 Å². The van der Waals surface area contributed by atoms with Gasteiger partial charge in [0.25, 0.3) is 0 Å². The molecule has 2 amide bonds. The number of nitrogens with one attached hydrogen (secondary N) is 1. The average molecular weight is 332 g/mol. The highest BCUT2D eigenvalue weighted by atomic mass is 16.5. The zero-order valence-electron chi connectivity index (χ0n) is 14.8. The van der Waals surface area contributed by atoms with Crippen LogP contribution in [0, 0.1) is 12.8 Å². The van der Waals surface area contributed by atoms with Gasteiger partial charge in [0.1, 0.15) is 0 Å². The monoisotopic (exact) mass is 332 g/mol. The van der Waals surface area contributed by atoms with Crippen molar-refractivity contribution in [2.75, 3.05) is 19.8 Å². The summed E-state index contributed by atoms with van der Waals surface area (Å²) in [5, 5.41) is 12.9. The number of urea groups is 1. The minimum Gasteiger partial charge on any atom is -0.393 e. The Bertz CT molecular complexity index is 602. The van der Waals surface area contributed by atoms with Gasteiger partial charge >= 0.3 is 6.03 Å². The van der Waals surface area contributed by atoms with E-state index in [2.05, 4.69) is 37.4 Å². The highest BCUT2D eigenvalue weighted by Crippen LogP contribution is 2.36. The fourth-order valence-corrected chi connectivity index (χ4v) is 3.91. The van der Waals surface area contributed by atoms with Crippen molar-refractivity contribution in [3.63, 3.8) is 0 Å². The largest absolute Gasteiger partial charge is 0.393 e. The number of ether oxygens (including phenoxy) is 1. The fourth-order valence-electron chi connectivity index (χ4n) is 3.91. The molecule has 2 aliphatic rings. The summed E-state index contributed by atoms with van der Waals surface area (Å²) in [6, 6.07) is 6.45. The zero-order chi connectivity index (χ0) is 17.3. The molecular formula is C19H28N2O3. The molecule has 4 atom stereocenters. The first-order valence-corrected chi connectivity index (χ1v) is 8.88. The molecule has 1 aliphatic heterocycles. The minimum atomic E-state index is -0.444. The SMILES string of the molecule is Cc1ccc2c(c1)[C@H](NC(=O)N1CCOC[C@@H]1C[C@H](C)O)[C@H](C)C2. The summed E-state index contributed by atoms with van der Waals surface area (Å²) in [7, 11) is 0. The van der Waals surface area contributed by atoms with E-state index in [1.54, 1.807) is 6.92 Å². The maximum atomic E-state index is 12.9. The first kappa shape index (κ1) is 17.2. The van der Waals surface area contributed by atoms with E-state index in [1.807, 2.05) is 4.90 Å². The lowest BCUT2D eigenvalue weighted by molar-refractivity contribution is -0.00507. The van der Waals surface area contributed by atoms with Crippen molar-refractivity contribution in [1.82, 2.24) is 10.2 Å². The number of hydrogen-bond donors (Lipinski definition) is 2. The highest BCUT2D eigenvalue weighted by molar-refractivity contribution is 5.75. The zero-order valence-corrected chi connectivity index (χ0v) is 14.8. The molecule has 0 spiro atoms. The molecule has 1 aromatic carbocycles. The Morgan fingerprint density at radius 2 is 2.29 bits per heavy atom. The number of hydrogen-bond acceptors (Lipinski definition) is 3. The summed E-state index contributed by atoms with van der Waals surface area (Å²) < 4.78 is 5.49. The number of benzene rings is 1. The molecule has 1 heterocycles. The average Bonchev–Trinajstić information content (AvgIpc) is 2.83. The van der Waals surface area contributed by atoms with Crippen molar-refractivity contribution in [3.8, 4) is 0 Å². The van der Waals surface area contributed by atoms with Crippen LogP contribution in [0.4, 0.5) is 4.79 Å². The van der Waals surface area contributed by atoms with Crippen LogP contribution >= 0.6 is 0 Å². The number of carbonyl (C=O) groups excluding carboxylic acids is 1. The van der Waals surface area contributed by atoms with Crippen molar-refractivity contribution in [1.29, 1.82) is 0 Å². The summed E-state index contributed by atoms with van der Waals surface area (Å²) in [5.74, 6) is 0.391. The smallest absolute Gasteiger partial charge is 0.318 e. The van der Waals surface area contributed by atoms with Gasteiger partial charge in [-0.2, -0.15) is 0 Å². The van der Waals surface area contributed by atoms with E-state index in [0.717, 1.165) is 6.42 Å². The molecule has 0 aromatic heterocycles. The van der Waals surface area contributed by atoms with Gasteiger partial charge in [-0.05, 0) is 43.7 Å². The maximum Gasteiger partial charge on any atom is 0.318 e. The van der Waals surface area contributed by atoms with E-state index in [-0.39, 0.29) is 18.1 Å². The summed E-state index contributed by atoms with van der Waals surface area (Å²) >= 11 is 0. The molecule has 1 saturated heterocycles. The lowest BCUT2D eigenvalue weighted by Gasteiger charge is -2.37. The molecule has 1 fully saturated rings. The Morgan fingerprint density at radius 1 is 1.50 bits per heavy atom. The summed E-state index contributed by atoms with van der Waals surface area (Å²) in [5.41, 5.74) is 3.80. The van der Waals surface area contributed by atoms with Gasteiger partial charge in [-0.3, -0.25) is 0 Å². The van der Waals surface area contributed by atoms with Crippen molar-refractivity contribution < 1.29 is 14.6 Å². The topological polar surface area (TPSA) is 61.8 Å². The molecule has 2 N–H and O–H groups in total. The van der Waals surface area contributed by atoms with Gasteiger partial charge < -0.3 is 20.1 Å². The minimum absolute atomic E-state index is 0.0462. The first-order chi connectivity index (χ1) is 11.5. The van der Waals surface area contributed by atoms with Crippen LogP contribution in [0.1, 0.15) is 43.0 Å². The van der Waals surface area contributed by atoms with Gasteiger partial charge in [0.05, 0.1) is 31.4 Å². The van der Waals surface area contributed by atoms with Crippen molar-refractivity contribution in [2.24, 2.45) is 5.92 Å². The van der Waals surface area contributed by atoms with Gasteiger partial charge in [0.15, 0.2) is 0 Å². The molecule has 5 nitrogen and oxygen atoms in total. The fraction of sp³-hybridized carbons (Fsp3) is 0.632. The van der Waals surface area contributed by atoms with Crippen LogP contribution in [0.15, 0.2) is 18.2 Å². The first-order valence-electron chi connectivity index (χ1n) is 8.88. The number of carbonyl (C=O) groups is 1. The van der Waals surface area contributed by atoms with Gasteiger partial charge in [-0.25, -0.2) is 4.79 Å². The van der Waals surface area contributed by atoms with Gasteiger partial charge in [-0.1, -0.05) is 30.7 Å². The Hall–Kier alpha value is -1.59. The predicted octanol–water partition coefficient (Wildman–Crippen LogP) is 2.41. The second kappa shape index (κ2) is 7.11. The molecule has 0 bridgehead atoms. The van der Waals surface area contributed by atoms with Crippen LogP contribution in [-0.2, 0) is 11.2 Å². The quantitative estimate of drug-likeness (QED) is 0.893.